The molecular formula is C8H8ClIO. The molecule has 0 heterocycles. The van der Waals surface area contributed by atoms with Gasteiger partial charge in [-0.05, 0) is 41.6 Å². The molecule has 0 spiro atoms. The van der Waals surface area contributed by atoms with Crippen LogP contribution in [0.1, 0.15) is 5.56 Å². The number of hydrogen-bond acceptors (Lipinski definition) is 1. The van der Waals surface area contributed by atoms with Crippen molar-refractivity contribution in [2.45, 2.75) is 6.92 Å². The third-order valence-corrected chi connectivity index (χ3v) is 3.21. The Morgan fingerprint density at radius 2 is 2.09 bits per heavy atom. The maximum absolute atomic E-state index is 5.97. The highest BCUT2D eigenvalue weighted by Crippen LogP contribution is 2.29. The van der Waals surface area contributed by atoms with Crippen LogP contribution in [0, 0.1) is 10.5 Å². The van der Waals surface area contributed by atoms with E-state index in [1.807, 2.05) is 19.1 Å². The highest BCUT2D eigenvalue weighted by molar-refractivity contribution is 14.1. The van der Waals surface area contributed by atoms with Gasteiger partial charge in [-0.2, -0.15) is 0 Å². The Morgan fingerprint density at radius 3 is 2.64 bits per heavy atom. The Kier molecular flexibility index (Phi) is 3.01. The lowest BCUT2D eigenvalue weighted by molar-refractivity contribution is 0.411. The molecule has 0 aliphatic carbocycles. The molecule has 0 atom stereocenters. The molecule has 1 nitrogen and oxygen atoms in total. The van der Waals surface area contributed by atoms with Crippen LogP contribution >= 0.6 is 34.2 Å². The van der Waals surface area contributed by atoms with E-state index in [4.69, 9.17) is 16.3 Å². The summed E-state index contributed by atoms with van der Waals surface area (Å²) < 4.78 is 6.15. The van der Waals surface area contributed by atoms with Gasteiger partial charge in [-0.3, -0.25) is 0 Å². The number of benzene rings is 1. The van der Waals surface area contributed by atoms with Crippen molar-refractivity contribution in [2.24, 2.45) is 0 Å². The summed E-state index contributed by atoms with van der Waals surface area (Å²) in [6, 6.07) is 3.86. The van der Waals surface area contributed by atoms with E-state index in [0.717, 1.165) is 19.9 Å². The van der Waals surface area contributed by atoms with E-state index in [1.165, 1.54) is 0 Å². The molecule has 0 fully saturated rings. The van der Waals surface area contributed by atoms with Crippen LogP contribution in [0.2, 0.25) is 5.02 Å². The highest BCUT2D eigenvalue weighted by atomic mass is 127. The lowest BCUT2D eigenvalue weighted by atomic mass is 10.2. The Bertz CT molecular complexity index is 273. The molecule has 60 valence electrons. The summed E-state index contributed by atoms with van der Waals surface area (Å²) in [4.78, 5) is 0. The van der Waals surface area contributed by atoms with Gasteiger partial charge in [0.15, 0.2) is 0 Å². The Hall–Kier alpha value is 0.0400. The number of methoxy groups -OCH3 is 1. The van der Waals surface area contributed by atoms with Crippen molar-refractivity contribution in [3.63, 3.8) is 0 Å². The topological polar surface area (TPSA) is 9.23 Å². The quantitative estimate of drug-likeness (QED) is 0.718. The minimum atomic E-state index is 0.782. The summed E-state index contributed by atoms with van der Waals surface area (Å²) in [7, 11) is 1.64. The van der Waals surface area contributed by atoms with Crippen LogP contribution in [0.4, 0.5) is 0 Å². The molecule has 1 rings (SSSR count). The summed E-state index contributed by atoms with van der Waals surface area (Å²) >= 11 is 8.17. The van der Waals surface area contributed by atoms with Gasteiger partial charge >= 0.3 is 0 Å². The first-order valence-electron chi connectivity index (χ1n) is 3.15. The second-order valence-electron chi connectivity index (χ2n) is 2.19. The summed E-state index contributed by atoms with van der Waals surface area (Å²) in [6.45, 7) is 1.95. The summed E-state index contributed by atoms with van der Waals surface area (Å²) in [5.74, 6) is 0.843. The van der Waals surface area contributed by atoms with Gasteiger partial charge in [-0.15, -0.1) is 0 Å². The first-order chi connectivity index (χ1) is 5.16. The van der Waals surface area contributed by atoms with Crippen LogP contribution in [0.5, 0.6) is 5.75 Å². The third kappa shape index (κ3) is 1.79. The van der Waals surface area contributed by atoms with Crippen molar-refractivity contribution in [2.75, 3.05) is 7.11 Å². The fourth-order valence-corrected chi connectivity index (χ4v) is 1.60. The molecule has 0 saturated heterocycles. The maximum atomic E-state index is 5.97. The minimum Gasteiger partial charge on any atom is -0.496 e. The standard InChI is InChI=1S/C8H8ClIO/c1-5-7(11-2)4-3-6(10)8(5)9/h3-4H,1-2H3. The van der Waals surface area contributed by atoms with Crippen molar-refractivity contribution in [1.82, 2.24) is 0 Å². The Morgan fingerprint density at radius 1 is 1.45 bits per heavy atom. The normalized spacial score (nSPS) is 9.82. The molecule has 0 aliphatic rings. The van der Waals surface area contributed by atoms with E-state index in [2.05, 4.69) is 22.6 Å². The van der Waals surface area contributed by atoms with E-state index in [-0.39, 0.29) is 0 Å². The molecule has 1 aromatic carbocycles. The number of hydrogen-bond donors (Lipinski definition) is 0. The lowest BCUT2D eigenvalue weighted by Crippen LogP contribution is -1.88. The minimum absolute atomic E-state index is 0.782. The summed E-state index contributed by atoms with van der Waals surface area (Å²) in [5.41, 5.74) is 1.00. The van der Waals surface area contributed by atoms with Crippen molar-refractivity contribution in [3.8, 4) is 5.75 Å². The predicted molar refractivity (Wildman–Crippen MR) is 55.5 cm³/mol. The largest absolute Gasteiger partial charge is 0.496 e. The monoisotopic (exact) mass is 282 g/mol. The van der Waals surface area contributed by atoms with Gasteiger partial charge in [0.1, 0.15) is 5.75 Å². The Balaban J connectivity index is 3.25. The fraction of sp³-hybridized carbons (Fsp3) is 0.250. The highest BCUT2D eigenvalue weighted by Gasteiger charge is 2.04. The average Bonchev–Trinajstić information content (AvgIpc) is 2.01. The van der Waals surface area contributed by atoms with Gasteiger partial charge in [0.25, 0.3) is 0 Å². The van der Waals surface area contributed by atoms with E-state index in [1.54, 1.807) is 7.11 Å². The fourth-order valence-electron chi connectivity index (χ4n) is 0.855. The zero-order valence-electron chi connectivity index (χ0n) is 6.32. The van der Waals surface area contributed by atoms with Gasteiger partial charge in [0.2, 0.25) is 0 Å². The van der Waals surface area contributed by atoms with Crippen LogP contribution in [0.3, 0.4) is 0 Å². The SMILES string of the molecule is COc1ccc(I)c(Cl)c1C. The average molecular weight is 283 g/mol. The van der Waals surface area contributed by atoms with Crippen LogP contribution in [-0.2, 0) is 0 Å². The molecule has 0 aromatic heterocycles. The van der Waals surface area contributed by atoms with Crippen molar-refractivity contribution in [3.05, 3.63) is 26.3 Å². The van der Waals surface area contributed by atoms with Gasteiger partial charge in [-0.1, -0.05) is 11.6 Å². The second kappa shape index (κ2) is 3.63. The molecule has 0 N–H and O–H groups in total. The number of ether oxygens (including phenoxy) is 1. The molecule has 0 bridgehead atoms. The maximum Gasteiger partial charge on any atom is 0.123 e. The molecule has 0 aliphatic heterocycles. The third-order valence-electron chi connectivity index (χ3n) is 1.51. The van der Waals surface area contributed by atoms with E-state index in [0.29, 0.717) is 0 Å². The first kappa shape index (κ1) is 9.13. The van der Waals surface area contributed by atoms with E-state index < -0.39 is 0 Å². The Labute approximate surface area is 84.8 Å². The molecule has 1 aromatic rings. The predicted octanol–water partition coefficient (Wildman–Crippen LogP) is 3.26. The van der Waals surface area contributed by atoms with E-state index >= 15 is 0 Å². The molecule has 3 heteroatoms. The van der Waals surface area contributed by atoms with Crippen LogP contribution in [0.15, 0.2) is 12.1 Å². The zero-order chi connectivity index (χ0) is 8.43. The summed E-state index contributed by atoms with van der Waals surface area (Å²) in [6.07, 6.45) is 0. The van der Waals surface area contributed by atoms with Gasteiger partial charge in [0, 0.05) is 9.13 Å². The van der Waals surface area contributed by atoms with Gasteiger partial charge < -0.3 is 4.74 Å². The van der Waals surface area contributed by atoms with E-state index in [9.17, 15) is 0 Å². The molecule has 0 amide bonds. The first-order valence-corrected chi connectivity index (χ1v) is 4.61. The molecule has 0 unspecified atom stereocenters. The van der Waals surface area contributed by atoms with Crippen molar-refractivity contribution in [1.29, 1.82) is 0 Å². The van der Waals surface area contributed by atoms with Crippen LogP contribution < -0.4 is 4.74 Å². The van der Waals surface area contributed by atoms with Crippen molar-refractivity contribution < 1.29 is 4.74 Å². The molecular weight excluding hydrogens is 274 g/mol. The smallest absolute Gasteiger partial charge is 0.123 e. The molecule has 0 saturated carbocycles. The zero-order valence-corrected chi connectivity index (χ0v) is 9.23. The number of halogens is 2. The molecule has 0 radical (unpaired) electrons. The summed E-state index contributed by atoms with van der Waals surface area (Å²) in [5, 5.41) is 0.782. The lowest BCUT2D eigenvalue weighted by Gasteiger charge is -2.06. The van der Waals surface area contributed by atoms with Crippen molar-refractivity contribution >= 4 is 34.2 Å². The molecule has 11 heavy (non-hydrogen) atoms. The van der Waals surface area contributed by atoms with Crippen LogP contribution in [-0.4, -0.2) is 7.11 Å². The second-order valence-corrected chi connectivity index (χ2v) is 3.73. The van der Waals surface area contributed by atoms with Gasteiger partial charge in [0.05, 0.1) is 12.1 Å². The van der Waals surface area contributed by atoms with Gasteiger partial charge in [-0.25, -0.2) is 0 Å². The number of rotatable bonds is 1. The van der Waals surface area contributed by atoms with Crippen LogP contribution in [0.25, 0.3) is 0 Å².